The normalized spacial score (nSPS) is 11.4. The summed E-state index contributed by atoms with van der Waals surface area (Å²) in [6, 6.07) is 7.38. The van der Waals surface area contributed by atoms with Crippen LogP contribution >= 0.6 is 0 Å². The van der Waals surface area contributed by atoms with Gasteiger partial charge in [0.2, 0.25) is 10.0 Å². The maximum absolute atomic E-state index is 11.5. The van der Waals surface area contributed by atoms with Gasteiger partial charge in [-0.05, 0) is 30.5 Å². The molecule has 5 heteroatoms. The number of rotatable bonds is 7. The Kier molecular flexibility index (Phi) is 5.44. The van der Waals surface area contributed by atoms with E-state index < -0.39 is 10.0 Å². The molecule has 4 nitrogen and oxygen atoms in total. The molecule has 1 rings (SSSR count). The zero-order valence-corrected chi connectivity index (χ0v) is 10.8. The lowest BCUT2D eigenvalue weighted by Crippen LogP contribution is -2.17. The molecule has 0 aromatic heterocycles. The van der Waals surface area contributed by atoms with Gasteiger partial charge in [0.05, 0.1) is 5.75 Å². The molecule has 0 atom stereocenters. The smallest absolute Gasteiger partial charge is 0.232 e. The summed E-state index contributed by atoms with van der Waals surface area (Å²) in [7, 11) is -3.33. The van der Waals surface area contributed by atoms with Crippen molar-refractivity contribution >= 4 is 15.7 Å². The molecule has 0 aliphatic rings. The average Bonchev–Trinajstić information content (AvgIpc) is 2.29. The van der Waals surface area contributed by atoms with Crippen molar-refractivity contribution in [3.8, 4) is 0 Å². The summed E-state index contributed by atoms with van der Waals surface area (Å²) in [5, 5.41) is 8.60. The summed E-state index contributed by atoms with van der Waals surface area (Å²) < 4.78 is 25.6. The van der Waals surface area contributed by atoms with Crippen molar-refractivity contribution in [3.05, 3.63) is 29.8 Å². The third-order valence-corrected chi connectivity index (χ3v) is 3.71. The molecule has 0 fully saturated rings. The van der Waals surface area contributed by atoms with Crippen LogP contribution in [0.4, 0.5) is 5.69 Å². The molecule has 0 spiro atoms. The Morgan fingerprint density at radius 1 is 1.24 bits per heavy atom. The number of sulfonamides is 1. The molecule has 0 aliphatic heterocycles. The lowest BCUT2D eigenvalue weighted by Gasteiger charge is -2.08. The fourth-order valence-corrected chi connectivity index (χ4v) is 2.62. The van der Waals surface area contributed by atoms with E-state index in [1.807, 2.05) is 12.1 Å². The largest absolute Gasteiger partial charge is 0.396 e. The highest BCUT2D eigenvalue weighted by Gasteiger charge is 2.09. The number of aryl methyl sites for hydroxylation is 1. The number of aliphatic hydroxyl groups excluding tert-OH is 1. The molecule has 0 heterocycles. The van der Waals surface area contributed by atoms with Crippen LogP contribution in [0.15, 0.2) is 24.3 Å². The van der Waals surface area contributed by atoms with Crippen molar-refractivity contribution in [3.63, 3.8) is 0 Å². The maximum Gasteiger partial charge on any atom is 0.232 e. The molecule has 17 heavy (non-hydrogen) atoms. The summed E-state index contributed by atoms with van der Waals surface area (Å²) in [5.74, 6) is -0.0553. The van der Waals surface area contributed by atoms with Gasteiger partial charge in [-0.2, -0.15) is 0 Å². The van der Waals surface area contributed by atoms with Crippen molar-refractivity contribution in [2.45, 2.75) is 26.2 Å². The number of nitrogens with one attached hydrogen (secondary N) is 1. The lowest BCUT2D eigenvalue weighted by molar-refractivity contribution is 0.295. The van der Waals surface area contributed by atoms with Crippen LogP contribution in [0, 0.1) is 0 Å². The van der Waals surface area contributed by atoms with Crippen LogP contribution in [-0.2, 0) is 16.4 Å². The van der Waals surface area contributed by atoms with E-state index in [0.29, 0.717) is 5.69 Å². The Balaban J connectivity index is 2.62. The van der Waals surface area contributed by atoms with E-state index in [9.17, 15) is 8.42 Å². The Bertz CT molecular complexity index is 426. The van der Waals surface area contributed by atoms with Gasteiger partial charge in [-0.3, -0.25) is 4.72 Å². The van der Waals surface area contributed by atoms with Gasteiger partial charge in [-0.15, -0.1) is 0 Å². The van der Waals surface area contributed by atoms with Gasteiger partial charge in [-0.1, -0.05) is 25.5 Å². The van der Waals surface area contributed by atoms with Crippen molar-refractivity contribution in [1.29, 1.82) is 0 Å². The minimum Gasteiger partial charge on any atom is -0.396 e. The van der Waals surface area contributed by atoms with Gasteiger partial charge in [0.15, 0.2) is 0 Å². The Morgan fingerprint density at radius 3 is 2.41 bits per heavy atom. The number of anilines is 1. The van der Waals surface area contributed by atoms with Gasteiger partial charge in [0.1, 0.15) is 0 Å². The van der Waals surface area contributed by atoms with Crippen molar-refractivity contribution in [2.75, 3.05) is 17.1 Å². The summed E-state index contributed by atoms with van der Waals surface area (Å²) in [5.41, 5.74) is 1.77. The second-order valence-electron chi connectivity index (χ2n) is 3.95. The fraction of sp³-hybridized carbons (Fsp3) is 0.500. The Hall–Kier alpha value is -1.07. The van der Waals surface area contributed by atoms with Gasteiger partial charge >= 0.3 is 0 Å². The molecule has 0 unspecified atom stereocenters. The summed E-state index contributed by atoms with van der Waals surface area (Å²) in [4.78, 5) is 0. The van der Waals surface area contributed by atoms with Crippen LogP contribution < -0.4 is 4.72 Å². The Labute approximate surface area is 103 Å². The number of benzene rings is 1. The van der Waals surface area contributed by atoms with Gasteiger partial charge in [0, 0.05) is 12.3 Å². The topological polar surface area (TPSA) is 66.4 Å². The highest BCUT2D eigenvalue weighted by molar-refractivity contribution is 7.92. The second kappa shape index (κ2) is 6.61. The average molecular weight is 257 g/mol. The summed E-state index contributed by atoms with van der Waals surface area (Å²) in [6.45, 7) is 1.99. The van der Waals surface area contributed by atoms with E-state index in [1.165, 1.54) is 5.56 Å². The van der Waals surface area contributed by atoms with Crippen LogP contribution in [0.1, 0.15) is 25.3 Å². The molecule has 96 valence electrons. The van der Waals surface area contributed by atoms with Gasteiger partial charge < -0.3 is 5.11 Å². The zero-order valence-electron chi connectivity index (χ0n) is 10.0. The van der Waals surface area contributed by atoms with Crippen molar-refractivity contribution in [1.82, 2.24) is 0 Å². The van der Waals surface area contributed by atoms with Gasteiger partial charge in [0.25, 0.3) is 0 Å². The predicted octanol–water partition coefficient (Wildman–Crippen LogP) is 1.76. The van der Waals surface area contributed by atoms with E-state index in [4.69, 9.17) is 5.11 Å². The number of hydrogen-bond donors (Lipinski definition) is 2. The van der Waals surface area contributed by atoms with Crippen LogP contribution in [0.25, 0.3) is 0 Å². The minimum absolute atomic E-state index is 0.0553. The number of aliphatic hydroxyl groups is 1. The standard InChI is InChI=1S/C12H19NO3S/c1-2-4-11-5-7-12(8-6-11)13-17(15,16)10-3-9-14/h5-8,13-14H,2-4,9-10H2,1H3. The minimum atomic E-state index is -3.33. The van der Waals surface area contributed by atoms with E-state index in [1.54, 1.807) is 12.1 Å². The molecule has 0 aliphatic carbocycles. The van der Waals surface area contributed by atoms with Gasteiger partial charge in [-0.25, -0.2) is 8.42 Å². The SMILES string of the molecule is CCCc1ccc(NS(=O)(=O)CCCO)cc1. The highest BCUT2D eigenvalue weighted by Crippen LogP contribution is 2.12. The van der Waals surface area contributed by atoms with Crippen LogP contribution in [-0.4, -0.2) is 25.9 Å². The molecule has 0 bridgehead atoms. The maximum atomic E-state index is 11.5. The first-order valence-corrected chi connectivity index (χ1v) is 7.43. The molecular formula is C12H19NO3S. The summed E-state index contributed by atoms with van der Waals surface area (Å²) in [6.07, 6.45) is 2.32. The first-order valence-electron chi connectivity index (χ1n) is 5.77. The molecule has 1 aromatic rings. The molecule has 0 saturated heterocycles. The molecule has 1 aromatic carbocycles. The van der Waals surface area contributed by atoms with E-state index >= 15 is 0 Å². The van der Waals surface area contributed by atoms with E-state index in [-0.39, 0.29) is 18.8 Å². The van der Waals surface area contributed by atoms with Crippen LogP contribution in [0.2, 0.25) is 0 Å². The first-order chi connectivity index (χ1) is 8.07. The molecule has 2 N–H and O–H groups in total. The monoisotopic (exact) mass is 257 g/mol. The van der Waals surface area contributed by atoms with E-state index in [2.05, 4.69) is 11.6 Å². The molecule has 0 saturated carbocycles. The fourth-order valence-electron chi connectivity index (χ4n) is 1.51. The van der Waals surface area contributed by atoms with E-state index in [0.717, 1.165) is 12.8 Å². The highest BCUT2D eigenvalue weighted by atomic mass is 32.2. The first kappa shape index (κ1) is 14.0. The zero-order chi connectivity index (χ0) is 12.7. The number of hydrogen-bond acceptors (Lipinski definition) is 3. The predicted molar refractivity (Wildman–Crippen MR) is 69.5 cm³/mol. The third kappa shape index (κ3) is 5.19. The molecule has 0 amide bonds. The third-order valence-electron chi connectivity index (χ3n) is 2.34. The van der Waals surface area contributed by atoms with Crippen molar-refractivity contribution < 1.29 is 13.5 Å². The molecule has 0 radical (unpaired) electrons. The quantitative estimate of drug-likeness (QED) is 0.782. The summed E-state index contributed by atoms with van der Waals surface area (Å²) >= 11 is 0. The van der Waals surface area contributed by atoms with Crippen LogP contribution in [0.3, 0.4) is 0 Å². The second-order valence-corrected chi connectivity index (χ2v) is 5.79. The molecular weight excluding hydrogens is 238 g/mol. The van der Waals surface area contributed by atoms with Crippen molar-refractivity contribution in [2.24, 2.45) is 0 Å². The lowest BCUT2D eigenvalue weighted by atomic mass is 10.1. The van der Waals surface area contributed by atoms with Crippen LogP contribution in [0.5, 0.6) is 0 Å². The Morgan fingerprint density at radius 2 is 1.88 bits per heavy atom.